The van der Waals surface area contributed by atoms with Gasteiger partial charge in [-0.3, -0.25) is 0 Å². The highest BCUT2D eigenvalue weighted by Gasteiger charge is 2.12. The van der Waals surface area contributed by atoms with Gasteiger partial charge < -0.3 is 14.4 Å². The van der Waals surface area contributed by atoms with Crippen LogP contribution in [0.25, 0.3) is 6.08 Å². The number of nitrogens with zero attached hydrogens (tertiary/aromatic N) is 3. The van der Waals surface area contributed by atoms with Crippen molar-refractivity contribution in [1.82, 2.24) is 9.55 Å². The van der Waals surface area contributed by atoms with E-state index in [9.17, 15) is 5.11 Å². The van der Waals surface area contributed by atoms with E-state index in [0.717, 1.165) is 24.0 Å². The SMILES string of the molecule is C[Si](C)(C)CCOCn1ccnc1C=CC(O)c1ccc(C#N)cc1. The molecule has 6 heteroatoms. The number of imidazole rings is 1. The fourth-order valence-corrected chi connectivity index (χ4v) is 2.93. The Morgan fingerprint density at radius 1 is 1.32 bits per heavy atom. The second kappa shape index (κ2) is 8.76. The molecule has 0 radical (unpaired) electrons. The van der Waals surface area contributed by atoms with E-state index in [2.05, 4.69) is 30.7 Å². The maximum absolute atomic E-state index is 10.2. The molecule has 2 aromatic rings. The lowest BCUT2D eigenvalue weighted by Crippen LogP contribution is -2.22. The van der Waals surface area contributed by atoms with Gasteiger partial charge in [-0.25, -0.2) is 4.98 Å². The Bertz CT molecular complexity index is 739. The average Bonchev–Trinajstić information content (AvgIpc) is 3.03. The third kappa shape index (κ3) is 6.31. The highest BCUT2D eigenvalue weighted by Crippen LogP contribution is 2.16. The van der Waals surface area contributed by atoms with Crippen LogP contribution in [0.5, 0.6) is 0 Å². The maximum Gasteiger partial charge on any atom is 0.134 e. The van der Waals surface area contributed by atoms with Crippen LogP contribution in [0.2, 0.25) is 25.7 Å². The first kappa shape index (κ1) is 19.1. The maximum atomic E-state index is 10.2. The number of benzene rings is 1. The molecule has 1 N–H and O–H groups in total. The molecular weight excluding hydrogens is 330 g/mol. The first-order valence-corrected chi connectivity index (χ1v) is 12.0. The molecule has 1 aromatic heterocycles. The summed E-state index contributed by atoms with van der Waals surface area (Å²) in [5, 5.41) is 19.1. The van der Waals surface area contributed by atoms with Gasteiger partial charge >= 0.3 is 0 Å². The molecule has 0 aliphatic rings. The first-order valence-electron chi connectivity index (χ1n) is 8.34. The van der Waals surface area contributed by atoms with Crippen molar-refractivity contribution in [1.29, 1.82) is 5.26 Å². The van der Waals surface area contributed by atoms with Crippen LogP contribution in [-0.4, -0.2) is 29.3 Å². The number of aliphatic hydroxyl groups is 1. The zero-order chi connectivity index (χ0) is 18.3. The van der Waals surface area contributed by atoms with Crippen molar-refractivity contribution in [3.8, 4) is 6.07 Å². The Balaban J connectivity index is 1.92. The average molecular weight is 356 g/mol. The van der Waals surface area contributed by atoms with Crippen LogP contribution in [0.3, 0.4) is 0 Å². The Kier molecular flexibility index (Phi) is 6.71. The number of hydrogen-bond acceptors (Lipinski definition) is 4. The largest absolute Gasteiger partial charge is 0.384 e. The first-order chi connectivity index (χ1) is 11.9. The number of nitriles is 1. The molecule has 1 heterocycles. The molecule has 25 heavy (non-hydrogen) atoms. The summed E-state index contributed by atoms with van der Waals surface area (Å²) < 4.78 is 7.65. The minimum absolute atomic E-state index is 0.455. The van der Waals surface area contributed by atoms with Crippen LogP contribution in [0.4, 0.5) is 0 Å². The molecule has 5 nitrogen and oxygen atoms in total. The molecule has 0 fully saturated rings. The molecular formula is C19H25N3O2Si. The van der Waals surface area contributed by atoms with Crippen molar-refractivity contribution in [3.05, 3.63) is 59.7 Å². The summed E-state index contributed by atoms with van der Waals surface area (Å²) in [5.74, 6) is 0.737. The molecule has 1 aromatic carbocycles. The third-order valence-corrected chi connectivity index (χ3v) is 5.49. The Morgan fingerprint density at radius 2 is 2.04 bits per heavy atom. The van der Waals surface area contributed by atoms with E-state index < -0.39 is 14.2 Å². The second-order valence-corrected chi connectivity index (χ2v) is 12.8. The summed E-state index contributed by atoms with van der Waals surface area (Å²) in [4.78, 5) is 4.29. The Labute approximate surface area is 150 Å². The fraction of sp³-hybridized carbons (Fsp3) is 0.368. The van der Waals surface area contributed by atoms with Gasteiger partial charge in [0.1, 0.15) is 12.6 Å². The van der Waals surface area contributed by atoms with Gasteiger partial charge in [-0.05, 0) is 35.9 Å². The highest BCUT2D eigenvalue weighted by atomic mass is 28.3. The molecule has 0 aliphatic carbocycles. The molecule has 0 spiro atoms. The van der Waals surface area contributed by atoms with Gasteiger partial charge in [0.25, 0.3) is 0 Å². The molecule has 0 saturated carbocycles. The normalized spacial score (nSPS) is 13.1. The van der Waals surface area contributed by atoms with Crippen LogP contribution in [0.1, 0.15) is 23.1 Å². The quantitative estimate of drug-likeness (QED) is 0.577. The third-order valence-electron chi connectivity index (χ3n) is 3.78. The van der Waals surface area contributed by atoms with Gasteiger partial charge in [0, 0.05) is 27.1 Å². The van der Waals surface area contributed by atoms with Crippen molar-refractivity contribution in [3.63, 3.8) is 0 Å². The smallest absolute Gasteiger partial charge is 0.134 e. The van der Waals surface area contributed by atoms with Gasteiger partial charge in [-0.15, -0.1) is 0 Å². The molecule has 0 saturated heterocycles. The summed E-state index contributed by atoms with van der Waals surface area (Å²) in [6.45, 7) is 8.19. The number of hydrogen-bond donors (Lipinski definition) is 1. The predicted octanol–water partition coefficient (Wildman–Crippen LogP) is 3.81. The van der Waals surface area contributed by atoms with Crippen LogP contribution < -0.4 is 0 Å². The number of aliphatic hydroxyl groups excluding tert-OH is 1. The molecule has 0 amide bonds. The van der Waals surface area contributed by atoms with Crippen molar-refractivity contribution in [2.75, 3.05) is 6.61 Å². The number of ether oxygens (including phenoxy) is 1. The number of aromatic nitrogens is 2. The molecule has 1 unspecified atom stereocenters. The molecule has 0 aliphatic heterocycles. The lowest BCUT2D eigenvalue weighted by atomic mass is 10.1. The predicted molar refractivity (Wildman–Crippen MR) is 101 cm³/mol. The zero-order valence-electron chi connectivity index (χ0n) is 15.0. The van der Waals surface area contributed by atoms with E-state index in [-0.39, 0.29) is 0 Å². The van der Waals surface area contributed by atoms with E-state index in [0.29, 0.717) is 12.3 Å². The van der Waals surface area contributed by atoms with Gasteiger partial charge in [-0.2, -0.15) is 5.26 Å². The minimum atomic E-state index is -1.08. The van der Waals surface area contributed by atoms with Crippen molar-refractivity contribution >= 4 is 14.1 Å². The van der Waals surface area contributed by atoms with Gasteiger partial charge in [0.2, 0.25) is 0 Å². The van der Waals surface area contributed by atoms with Crippen molar-refractivity contribution in [2.24, 2.45) is 0 Å². The van der Waals surface area contributed by atoms with Crippen LogP contribution in [0, 0.1) is 11.3 Å². The van der Waals surface area contributed by atoms with Gasteiger partial charge in [-0.1, -0.05) is 31.8 Å². The van der Waals surface area contributed by atoms with E-state index in [1.807, 2.05) is 10.8 Å². The van der Waals surface area contributed by atoms with Crippen LogP contribution in [-0.2, 0) is 11.5 Å². The summed E-state index contributed by atoms with van der Waals surface area (Å²) in [7, 11) is -1.08. The molecule has 0 bridgehead atoms. The molecule has 1 atom stereocenters. The standard InChI is InChI=1S/C19H25N3O2Si/c1-25(2,3)13-12-24-15-22-11-10-21-19(22)9-8-18(23)17-6-4-16(14-20)5-7-17/h4-11,18,23H,12-13,15H2,1-3H3. The zero-order valence-corrected chi connectivity index (χ0v) is 16.0. The van der Waals surface area contributed by atoms with Crippen molar-refractivity contribution < 1.29 is 9.84 Å². The highest BCUT2D eigenvalue weighted by molar-refractivity contribution is 6.76. The fourth-order valence-electron chi connectivity index (χ4n) is 2.17. The van der Waals surface area contributed by atoms with E-state index >= 15 is 0 Å². The summed E-state index contributed by atoms with van der Waals surface area (Å²) >= 11 is 0. The van der Waals surface area contributed by atoms with Crippen molar-refractivity contribution in [2.45, 2.75) is 38.5 Å². The summed E-state index contributed by atoms with van der Waals surface area (Å²) in [5.41, 5.74) is 1.31. The topological polar surface area (TPSA) is 71.1 Å². The number of rotatable bonds is 8. The molecule has 132 valence electrons. The molecule has 2 rings (SSSR count). The van der Waals surface area contributed by atoms with Crippen LogP contribution >= 0.6 is 0 Å². The lowest BCUT2D eigenvalue weighted by molar-refractivity contribution is 0.0867. The van der Waals surface area contributed by atoms with Gasteiger partial charge in [0.15, 0.2) is 0 Å². The monoisotopic (exact) mass is 355 g/mol. The Morgan fingerprint density at radius 3 is 2.68 bits per heavy atom. The van der Waals surface area contributed by atoms with Crippen LogP contribution in [0.15, 0.2) is 42.7 Å². The minimum Gasteiger partial charge on any atom is -0.384 e. The summed E-state index contributed by atoms with van der Waals surface area (Å²) in [6.07, 6.45) is 6.30. The van der Waals surface area contributed by atoms with E-state index in [1.54, 1.807) is 42.6 Å². The Hall–Kier alpha value is -2.20. The van der Waals surface area contributed by atoms with E-state index in [1.165, 1.54) is 0 Å². The van der Waals surface area contributed by atoms with Gasteiger partial charge in [0.05, 0.1) is 17.7 Å². The van der Waals surface area contributed by atoms with E-state index in [4.69, 9.17) is 10.00 Å². The summed E-state index contributed by atoms with van der Waals surface area (Å²) in [6, 6.07) is 10.1. The lowest BCUT2D eigenvalue weighted by Gasteiger charge is -2.15. The second-order valence-electron chi connectivity index (χ2n) is 7.14.